The standard InChI is InChI=1S/C16H18N4O/c1-11(2)20-9-6-12-4-5-13(10-14(12)20)16(21)17-15-7-8-19(3)18-15/h4-11H,1-3H3,(H,17,18,21). The Balaban J connectivity index is 1.92. The van der Waals surface area contributed by atoms with Crippen molar-refractivity contribution in [2.24, 2.45) is 7.05 Å². The van der Waals surface area contributed by atoms with Crippen molar-refractivity contribution in [2.75, 3.05) is 5.32 Å². The summed E-state index contributed by atoms with van der Waals surface area (Å²) in [4.78, 5) is 12.3. The fourth-order valence-electron chi connectivity index (χ4n) is 2.41. The highest BCUT2D eigenvalue weighted by Crippen LogP contribution is 2.21. The lowest BCUT2D eigenvalue weighted by molar-refractivity contribution is 0.102. The summed E-state index contributed by atoms with van der Waals surface area (Å²) in [6.45, 7) is 4.25. The van der Waals surface area contributed by atoms with Crippen LogP contribution in [0.4, 0.5) is 5.82 Å². The minimum Gasteiger partial charge on any atom is -0.345 e. The highest BCUT2D eigenvalue weighted by atomic mass is 16.1. The van der Waals surface area contributed by atoms with Gasteiger partial charge in [0.25, 0.3) is 5.91 Å². The van der Waals surface area contributed by atoms with Crippen molar-refractivity contribution < 1.29 is 4.79 Å². The van der Waals surface area contributed by atoms with Crippen molar-refractivity contribution in [1.29, 1.82) is 0 Å². The predicted octanol–water partition coefficient (Wildman–Crippen LogP) is 3.21. The first-order valence-corrected chi connectivity index (χ1v) is 6.96. The lowest BCUT2D eigenvalue weighted by Crippen LogP contribution is -2.12. The minimum atomic E-state index is -0.146. The zero-order chi connectivity index (χ0) is 15.0. The largest absolute Gasteiger partial charge is 0.345 e. The third-order valence-corrected chi connectivity index (χ3v) is 3.50. The second-order valence-electron chi connectivity index (χ2n) is 5.42. The van der Waals surface area contributed by atoms with Gasteiger partial charge in [0, 0.05) is 42.6 Å². The third kappa shape index (κ3) is 2.54. The van der Waals surface area contributed by atoms with Gasteiger partial charge < -0.3 is 9.88 Å². The fourth-order valence-corrected chi connectivity index (χ4v) is 2.41. The molecule has 0 saturated carbocycles. The quantitative estimate of drug-likeness (QED) is 0.802. The third-order valence-electron chi connectivity index (χ3n) is 3.50. The van der Waals surface area contributed by atoms with Gasteiger partial charge in [0.05, 0.1) is 0 Å². The lowest BCUT2D eigenvalue weighted by atomic mass is 10.1. The van der Waals surface area contributed by atoms with Gasteiger partial charge in [-0.3, -0.25) is 9.48 Å². The number of rotatable bonds is 3. The van der Waals surface area contributed by atoms with Crippen LogP contribution in [0.2, 0.25) is 0 Å². The van der Waals surface area contributed by atoms with E-state index in [4.69, 9.17) is 0 Å². The summed E-state index contributed by atoms with van der Waals surface area (Å²) in [5, 5.41) is 8.10. The van der Waals surface area contributed by atoms with Gasteiger partial charge in [-0.15, -0.1) is 0 Å². The number of hydrogen-bond donors (Lipinski definition) is 1. The van der Waals surface area contributed by atoms with Gasteiger partial charge in [-0.2, -0.15) is 5.10 Å². The fraction of sp³-hybridized carbons (Fsp3) is 0.250. The van der Waals surface area contributed by atoms with Gasteiger partial charge >= 0.3 is 0 Å². The van der Waals surface area contributed by atoms with Crippen LogP contribution in [0.3, 0.4) is 0 Å². The Kier molecular flexibility index (Phi) is 3.25. The van der Waals surface area contributed by atoms with Gasteiger partial charge in [-0.1, -0.05) is 6.07 Å². The summed E-state index contributed by atoms with van der Waals surface area (Å²) in [5.41, 5.74) is 1.70. The molecular weight excluding hydrogens is 264 g/mol. The Bertz CT molecular complexity index is 798. The molecule has 1 amide bonds. The van der Waals surface area contributed by atoms with Crippen LogP contribution in [0.15, 0.2) is 42.7 Å². The van der Waals surface area contributed by atoms with Crippen molar-refractivity contribution >= 4 is 22.6 Å². The molecule has 0 fully saturated rings. The van der Waals surface area contributed by atoms with E-state index in [0.29, 0.717) is 17.4 Å². The van der Waals surface area contributed by atoms with Crippen molar-refractivity contribution in [3.8, 4) is 0 Å². The SMILES string of the molecule is CC(C)n1ccc2ccc(C(=O)Nc3ccn(C)n3)cc21. The highest BCUT2D eigenvalue weighted by Gasteiger charge is 2.11. The van der Waals surface area contributed by atoms with E-state index < -0.39 is 0 Å². The molecule has 5 heteroatoms. The zero-order valence-corrected chi connectivity index (χ0v) is 12.4. The maximum atomic E-state index is 12.3. The van der Waals surface area contributed by atoms with Crippen LogP contribution in [-0.2, 0) is 7.05 Å². The van der Waals surface area contributed by atoms with Crippen molar-refractivity contribution in [1.82, 2.24) is 14.3 Å². The molecule has 108 valence electrons. The Morgan fingerprint density at radius 1 is 1.19 bits per heavy atom. The molecule has 0 atom stereocenters. The summed E-state index contributed by atoms with van der Waals surface area (Å²) in [7, 11) is 1.82. The first-order chi connectivity index (χ1) is 10.0. The van der Waals surface area contributed by atoms with E-state index in [1.165, 1.54) is 0 Å². The van der Waals surface area contributed by atoms with Crippen LogP contribution in [0.1, 0.15) is 30.2 Å². The topological polar surface area (TPSA) is 51.9 Å². The maximum Gasteiger partial charge on any atom is 0.256 e. The van der Waals surface area contributed by atoms with Gasteiger partial charge in [0.1, 0.15) is 0 Å². The van der Waals surface area contributed by atoms with Crippen LogP contribution in [0.5, 0.6) is 0 Å². The molecule has 0 spiro atoms. The van der Waals surface area contributed by atoms with Crippen LogP contribution in [0, 0.1) is 0 Å². The number of nitrogens with zero attached hydrogens (tertiary/aromatic N) is 3. The Labute approximate surface area is 123 Å². The second-order valence-corrected chi connectivity index (χ2v) is 5.42. The molecule has 1 aromatic carbocycles. The first-order valence-electron chi connectivity index (χ1n) is 6.96. The molecule has 3 rings (SSSR count). The lowest BCUT2D eigenvalue weighted by Gasteiger charge is -2.10. The average Bonchev–Trinajstić information content (AvgIpc) is 3.04. The summed E-state index contributed by atoms with van der Waals surface area (Å²) < 4.78 is 3.82. The molecule has 0 aliphatic rings. The Hall–Kier alpha value is -2.56. The first kappa shape index (κ1) is 13.4. The van der Waals surface area contributed by atoms with Crippen LogP contribution in [0.25, 0.3) is 10.9 Å². The van der Waals surface area contributed by atoms with Crippen molar-refractivity contribution in [3.63, 3.8) is 0 Å². The van der Waals surface area contributed by atoms with E-state index in [2.05, 4.69) is 41.1 Å². The Morgan fingerprint density at radius 3 is 2.67 bits per heavy atom. The minimum absolute atomic E-state index is 0.146. The molecule has 0 bridgehead atoms. The molecule has 3 aromatic rings. The number of carbonyl (C=O) groups excluding carboxylic acids is 1. The monoisotopic (exact) mass is 282 g/mol. The maximum absolute atomic E-state index is 12.3. The average molecular weight is 282 g/mol. The van der Waals surface area contributed by atoms with Gasteiger partial charge in [-0.25, -0.2) is 0 Å². The number of hydrogen-bond acceptors (Lipinski definition) is 2. The van der Waals surface area contributed by atoms with E-state index in [1.807, 2.05) is 25.2 Å². The van der Waals surface area contributed by atoms with E-state index in [-0.39, 0.29) is 5.91 Å². The van der Waals surface area contributed by atoms with Crippen LogP contribution < -0.4 is 5.32 Å². The molecule has 0 radical (unpaired) electrons. The number of fused-ring (bicyclic) bond motifs is 1. The second kappa shape index (κ2) is 5.09. The summed E-state index contributed by atoms with van der Waals surface area (Å²) in [6, 6.07) is 9.93. The molecule has 2 heterocycles. The molecule has 21 heavy (non-hydrogen) atoms. The zero-order valence-electron chi connectivity index (χ0n) is 12.4. The molecule has 5 nitrogen and oxygen atoms in total. The molecule has 0 aliphatic carbocycles. The number of benzene rings is 1. The predicted molar refractivity (Wildman–Crippen MR) is 83.5 cm³/mol. The molecular formula is C16H18N4O. The van der Waals surface area contributed by atoms with Crippen molar-refractivity contribution in [3.05, 3.63) is 48.3 Å². The van der Waals surface area contributed by atoms with E-state index in [1.54, 1.807) is 16.9 Å². The molecule has 0 unspecified atom stereocenters. The number of carbonyl (C=O) groups is 1. The number of anilines is 1. The molecule has 1 N–H and O–H groups in total. The van der Waals surface area contributed by atoms with E-state index >= 15 is 0 Å². The van der Waals surface area contributed by atoms with Crippen LogP contribution >= 0.6 is 0 Å². The van der Waals surface area contributed by atoms with Gasteiger partial charge in [0.15, 0.2) is 5.82 Å². The summed E-state index contributed by atoms with van der Waals surface area (Å²) in [6.07, 6.45) is 3.85. The molecule has 2 aromatic heterocycles. The number of aromatic nitrogens is 3. The van der Waals surface area contributed by atoms with Crippen LogP contribution in [-0.4, -0.2) is 20.3 Å². The number of amides is 1. The Morgan fingerprint density at radius 2 is 2.00 bits per heavy atom. The summed E-state index contributed by atoms with van der Waals surface area (Å²) in [5.74, 6) is 0.411. The van der Waals surface area contributed by atoms with Gasteiger partial charge in [-0.05, 0) is 37.4 Å². The van der Waals surface area contributed by atoms with E-state index in [9.17, 15) is 4.79 Å². The highest BCUT2D eigenvalue weighted by molar-refractivity contribution is 6.05. The normalized spacial score (nSPS) is 11.2. The number of aryl methyl sites for hydroxylation is 1. The van der Waals surface area contributed by atoms with E-state index in [0.717, 1.165) is 10.9 Å². The smallest absolute Gasteiger partial charge is 0.256 e. The molecule has 0 saturated heterocycles. The number of nitrogens with one attached hydrogen (secondary N) is 1. The summed E-state index contributed by atoms with van der Waals surface area (Å²) >= 11 is 0. The molecule has 0 aliphatic heterocycles. The van der Waals surface area contributed by atoms with Crippen molar-refractivity contribution in [2.45, 2.75) is 19.9 Å². The van der Waals surface area contributed by atoms with Gasteiger partial charge in [0.2, 0.25) is 0 Å².